The quantitative estimate of drug-likeness (QED) is 0.240. The molecule has 0 saturated carbocycles. The molecule has 3 aromatic carbocycles. The largest absolute Gasteiger partial charge is 0.235 e. The minimum absolute atomic E-state index is 0.0398. The van der Waals surface area contributed by atoms with Gasteiger partial charge in [-0.15, -0.1) is 11.3 Å². The average molecular weight is 479 g/mol. The zero-order valence-electron chi connectivity index (χ0n) is 21.9. The van der Waals surface area contributed by atoms with Crippen LogP contribution in [0.15, 0.2) is 54.9 Å². The zero-order chi connectivity index (χ0) is 24.8. The number of thiophene rings is 1. The predicted octanol–water partition coefficient (Wildman–Crippen LogP) is 9.31. The number of nitrogens with zero attached hydrogens (tertiary/aromatic N) is 2. The summed E-state index contributed by atoms with van der Waals surface area (Å²) in [6, 6.07) is 18.3. The van der Waals surface area contributed by atoms with Gasteiger partial charge < -0.3 is 0 Å². The number of hydrogen-bond acceptors (Lipinski definition) is 3. The number of aromatic nitrogens is 2. The first-order valence-electron chi connectivity index (χ1n) is 12.7. The average Bonchev–Trinajstić information content (AvgIpc) is 3.18. The van der Waals surface area contributed by atoms with Crippen LogP contribution in [0.5, 0.6) is 0 Å². The lowest BCUT2D eigenvalue weighted by atomic mass is 9.63. The van der Waals surface area contributed by atoms with Crippen molar-refractivity contribution in [3.8, 4) is 11.3 Å². The fourth-order valence-electron chi connectivity index (χ4n) is 5.91. The van der Waals surface area contributed by atoms with Crippen LogP contribution in [0.2, 0.25) is 0 Å². The van der Waals surface area contributed by atoms with Crippen LogP contribution in [0.1, 0.15) is 78.0 Å². The molecule has 2 heterocycles. The first kappa shape index (κ1) is 22.7. The highest BCUT2D eigenvalue weighted by Crippen LogP contribution is 2.49. The van der Waals surface area contributed by atoms with Gasteiger partial charge in [-0.1, -0.05) is 72.7 Å². The summed E-state index contributed by atoms with van der Waals surface area (Å²) >= 11 is 1.85. The third-order valence-electron chi connectivity index (χ3n) is 8.17. The molecule has 3 heteroatoms. The Bertz CT molecular complexity index is 1630. The molecule has 0 unspecified atom stereocenters. The van der Waals surface area contributed by atoms with Gasteiger partial charge in [-0.05, 0) is 80.8 Å². The molecule has 1 aliphatic rings. The molecular weight excluding hydrogens is 444 g/mol. The van der Waals surface area contributed by atoms with Crippen molar-refractivity contribution < 1.29 is 0 Å². The molecule has 178 valence electrons. The number of fused-ring (bicyclic) bond motifs is 5. The van der Waals surface area contributed by atoms with Gasteiger partial charge in [0.05, 0.1) is 15.9 Å². The fourth-order valence-corrected chi connectivity index (χ4v) is 7.10. The van der Waals surface area contributed by atoms with Crippen LogP contribution in [0.25, 0.3) is 42.3 Å². The van der Waals surface area contributed by atoms with Crippen molar-refractivity contribution in [1.82, 2.24) is 9.97 Å². The molecule has 35 heavy (non-hydrogen) atoms. The Balaban J connectivity index is 1.65. The van der Waals surface area contributed by atoms with Gasteiger partial charge in [0.1, 0.15) is 6.33 Å². The lowest BCUT2D eigenvalue weighted by Crippen LogP contribution is -2.33. The van der Waals surface area contributed by atoms with E-state index in [1.807, 2.05) is 11.3 Å². The van der Waals surface area contributed by atoms with Crippen LogP contribution in [-0.2, 0) is 16.2 Å². The van der Waals surface area contributed by atoms with Gasteiger partial charge in [0.25, 0.3) is 0 Å². The van der Waals surface area contributed by atoms with E-state index >= 15 is 0 Å². The highest BCUT2D eigenvalue weighted by molar-refractivity contribution is 7.26. The topological polar surface area (TPSA) is 25.8 Å². The van der Waals surface area contributed by atoms with Crippen molar-refractivity contribution in [2.75, 3.05) is 0 Å². The van der Waals surface area contributed by atoms with E-state index in [2.05, 4.69) is 97.0 Å². The molecular formula is C32H34N2S. The van der Waals surface area contributed by atoms with E-state index in [4.69, 9.17) is 9.97 Å². The summed E-state index contributed by atoms with van der Waals surface area (Å²) in [5, 5.41) is 3.86. The molecule has 0 aliphatic heterocycles. The molecule has 5 aromatic rings. The van der Waals surface area contributed by atoms with Gasteiger partial charge in [0.15, 0.2) is 0 Å². The minimum atomic E-state index is 0.0398. The normalized spacial score (nSPS) is 17.2. The molecule has 6 rings (SSSR count). The molecule has 0 amide bonds. The van der Waals surface area contributed by atoms with E-state index in [0.29, 0.717) is 0 Å². The maximum absolute atomic E-state index is 4.86. The molecule has 0 fully saturated rings. The van der Waals surface area contributed by atoms with Gasteiger partial charge in [0.2, 0.25) is 0 Å². The molecule has 2 nitrogen and oxygen atoms in total. The number of hydrogen-bond donors (Lipinski definition) is 0. The van der Waals surface area contributed by atoms with Crippen molar-refractivity contribution in [3.05, 3.63) is 71.5 Å². The SMILES string of the molecule is CC(C)(C)c1cc(-c2ncnc3c2sc2cc4c(cc23)C(C)(C)CCC4(C)C)cc2ccccc12. The molecule has 0 spiro atoms. The first-order valence-corrected chi connectivity index (χ1v) is 13.5. The molecule has 0 saturated heterocycles. The van der Waals surface area contributed by atoms with Crippen LogP contribution in [0.3, 0.4) is 0 Å². The van der Waals surface area contributed by atoms with Crippen LogP contribution >= 0.6 is 11.3 Å². The van der Waals surface area contributed by atoms with Crippen molar-refractivity contribution in [2.45, 2.75) is 77.6 Å². The van der Waals surface area contributed by atoms with Gasteiger partial charge in [-0.25, -0.2) is 9.97 Å². The fraction of sp³-hybridized carbons (Fsp3) is 0.375. The van der Waals surface area contributed by atoms with E-state index in [-0.39, 0.29) is 16.2 Å². The Morgan fingerprint density at radius 3 is 2.20 bits per heavy atom. The lowest BCUT2D eigenvalue weighted by Gasteiger charge is -2.41. The third kappa shape index (κ3) is 3.50. The molecule has 0 bridgehead atoms. The van der Waals surface area contributed by atoms with Crippen LogP contribution in [0.4, 0.5) is 0 Å². The van der Waals surface area contributed by atoms with Crippen molar-refractivity contribution >= 4 is 42.4 Å². The third-order valence-corrected chi connectivity index (χ3v) is 9.32. The summed E-state index contributed by atoms with van der Waals surface area (Å²) in [4.78, 5) is 9.68. The monoisotopic (exact) mass is 478 g/mol. The maximum atomic E-state index is 4.86. The Morgan fingerprint density at radius 1 is 0.800 bits per heavy atom. The summed E-state index contributed by atoms with van der Waals surface area (Å²) < 4.78 is 2.51. The molecule has 0 N–H and O–H groups in total. The van der Waals surface area contributed by atoms with Crippen molar-refractivity contribution in [1.29, 1.82) is 0 Å². The molecule has 0 radical (unpaired) electrons. The second kappa shape index (κ2) is 7.36. The summed E-state index contributed by atoms with van der Waals surface area (Å²) in [6.07, 6.45) is 4.19. The predicted molar refractivity (Wildman–Crippen MR) is 152 cm³/mol. The Kier molecular flexibility index (Phi) is 4.77. The van der Waals surface area contributed by atoms with Gasteiger partial charge in [-0.2, -0.15) is 0 Å². The minimum Gasteiger partial charge on any atom is -0.235 e. The number of benzene rings is 3. The Hall–Kier alpha value is -2.78. The zero-order valence-corrected chi connectivity index (χ0v) is 22.7. The summed E-state index contributed by atoms with van der Waals surface area (Å²) in [5.41, 5.74) is 8.08. The summed E-state index contributed by atoms with van der Waals surface area (Å²) in [7, 11) is 0. The van der Waals surface area contributed by atoms with E-state index in [9.17, 15) is 0 Å². The Morgan fingerprint density at radius 2 is 1.49 bits per heavy atom. The van der Waals surface area contributed by atoms with Crippen LogP contribution in [-0.4, -0.2) is 9.97 Å². The van der Waals surface area contributed by atoms with Crippen molar-refractivity contribution in [3.63, 3.8) is 0 Å². The highest BCUT2D eigenvalue weighted by atomic mass is 32.1. The van der Waals surface area contributed by atoms with E-state index in [1.54, 1.807) is 6.33 Å². The molecule has 0 atom stereocenters. The first-order chi connectivity index (χ1) is 16.5. The van der Waals surface area contributed by atoms with E-state index < -0.39 is 0 Å². The second-order valence-electron chi connectivity index (χ2n) is 12.7. The summed E-state index contributed by atoms with van der Waals surface area (Å²) in [6.45, 7) is 16.5. The van der Waals surface area contributed by atoms with Crippen LogP contribution in [0, 0.1) is 0 Å². The van der Waals surface area contributed by atoms with Crippen LogP contribution < -0.4 is 0 Å². The Labute approximate surface area is 212 Å². The lowest BCUT2D eigenvalue weighted by molar-refractivity contribution is 0.332. The van der Waals surface area contributed by atoms with Gasteiger partial charge in [-0.3, -0.25) is 0 Å². The maximum Gasteiger partial charge on any atom is 0.116 e. The van der Waals surface area contributed by atoms with Crippen molar-refractivity contribution in [2.24, 2.45) is 0 Å². The summed E-state index contributed by atoms with van der Waals surface area (Å²) in [5.74, 6) is 0. The number of rotatable bonds is 1. The standard InChI is InChI=1S/C32H34N2S/c1-30(2,3)23-15-20(14-19-10-8-9-11-21(19)23)27-29-28(34-18-33-27)22-16-24-25(17-26(22)35-29)32(6,7)13-12-31(24,4)5/h8-11,14-18H,12-13H2,1-7H3. The van der Waals surface area contributed by atoms with E-state index in [1.165, 1.54) is 60.7 Å². The second-order valence-corrected chi connectivity index (χ2v) is 13.7. The molecule has 2 aromatic heterocycles. The molecule has 1 aliphatic carbocycles. The van der Waals surface area contributed by atoms with Gasteiger partial charge in [0, 0.05) is 15.6 Å². The highest BCUT2D eigenvalue weighted by Gasteiger charge is 2.37. The van der Waals surface area contributed by atoms with Gasteiger partial charge >= 0.3 is 0 Å². The van der Waals surface area contributed by atoms with E-state index in [0.717, 1.165) is 11.2 Å². The smallest absolute Gasteiger partial charge is 0.116 e.